The molecule has 1 aliphatic heterocycles. The number of piperidine rings is 1. The largest absolute Gasteiger partial charge is 0.469 e. The maximum absolute atomic E-state index is 12.1. The normalized spacial score (nSPS) is 19.0. The van der Waals surface area contributed by atoms with Gasteiger partial charge in [0.25, 0.3) is 0 Å². The highest BCUT2D eigenvalue weighted by Crippen LogP contribution is 2.21. The molecule has 2 rings (SSSR count). The second-order valence-electron chi connectivity index (χ2n) is 5.13. The summed E-state index contributed by atoms with van der Waals surface area (Å²) < 4.78 is 4.77. The van der Waals surface area contributed by atoms with Crippen LogP contribution in [0.1, 0.15) is 12.8 Å². The van der Waals surface area contributed by atoms with Gasteiger partial charge in [0.05, 0.1) is 30.3 Å². The number of rotatable bonds is 4. The van der Waals surface area contributed by atoms with E-state index in [0.717, 1.165) is 19.4 Å². The second-order valence-corrected chi connectivity index (χ2v) is 5.53. The summed E-state index contributed by atoms with van der Waals surface area (Å²) in [7, 11) is 1.39. The topological polar surface area (TPSA) is 58.6 Å². The summed E-state index contributed by atoms with van der Waals surface area (Å²) in [5, 5.41) is 3.30. The Hall–Kier alpha value is -1.59. The molecule has 1 aliphatic rings. The van der Waals surface area contributed by atoms with Crippen molar-refractivity contribution in [1.29, 1.82) is 0 Å². The Morgan fingerprint density at radius 2 is 2.19 bits per heavy atom. The minimum atomic E-state index is -0.203. The number of benzene rings is 1. The summed E-state index contributed by atoms with van der Waals surface area (Å²) in [6, 6.07) is 7.11. The number of esters is 1. The number of anilines is 1. The van der Waals surface area contributed by atoms with E-state index in [1.165, 1.54) is 7.11 Å². The summed E-state index contributed by atoms with van der Waals surface area (Å²) in [6.45, 7) is 1.62. The Labute approximate surface area is 129 Å². The summed E-state index contributed by atoms with van der Waals surface area (Å²) in [4.78, 5) is 25.6. The van der Waals surface area contributed by atoms with Gasteiger partial charge in [-0.3, -0.25) is 14.5 Å². The number of para-hydroxylation sites is 1. The average Bonchev–Trinajstić information content (AvgIpc) is 2.49. The quantitative estimate of drug-likeness (QED) is 0.866. The molecule has 1 atom stereocenters. The fourth-order valence-corrected chi connectivity index (χ4v) is 2.70. The van der Waals surface area contributed by atoms with Crippen LogP contribution < -0.4 is 5.32 Å². The van der Waals surface area contributed by atoms with Gasteiger partial charge in [-0.05, 0) is 31.5 Å². The fraction of sp³-hybridized carbons (Fsp3) is 0.467. The van der Waals surface area contributed by atoms with E-state index in [1.807, 2.05) is 17.0 Å². The molecule has 1 fully saturated rings. The highest BCUT2D eigenvalue weighted by atomic mass is 35.5. The van der Waals surface area contributed by atoms with Gasteiger partial charge in [-0.2, -0.15) is 0 Å². The molecule has 0 saturated carbocycles. The zero-order valence-electron chi connectivity index (χ0n) is 12.0. The van der Waals surface area contributed by atoms with Crippen molar-refractivity contribution < 1.29 is 14.3 Å². The van der Waals surface area contributed by atoms with E-state index < -0.39 is 0 Å². The SMILES string of the molecule is COC(=O)[C@H]1CCCN(CC(=O)Nc2ccccc2Cl)C1. The molecule has 1 amide bonds. The predicted molar refractivity (Wildman–Crippen MR) is 81.3 cm³/mol. The number of hydrogen-bond acceptors (Lipinski definition) is 4. The smallest absolute Gasteiger partial charge is 0.309 e. The van der Waals surface area contributed by atoms with E-state index in [0.29, 0.717) is 17.3 Å². The summed E-state index contributed by atoms with van der Waals surface area (Å²) in [5.41, 5.74) is 0.602. The van der Waals surface area contributed by atoms with Gasteiger partial charge in [0.2, 0.25) is 5.91 Å². The molecular formula is C15H19ClN2O3. The third-order valence-electron chi connectivity index (χ3n) is 3.56. The molecule has 1 saturated heterocycles. The summed E-state index contributed by atoms with van der Waals surface area (Å²) >= 11 is 6.01. The number of hydrogen-bond donors (Lipinski definition) is 1. The lowest BCUT2D eigenvalue weighted by Gasteiger charge is -2.30. The van der Waals surface area contributed by atoms with Gasteiger partial charge in [0.1, 0.15) is 0 Å². The van der Waals surface area contributed by atoms with Crippen molar-refractivity contribution in [1.82, 2.24) is 4.90 Å². The van der Waals surface area contributed by atoms with Crippen LogP contribution in [-0.2, 0) is 14.3 Å². The van der Waals surface area contributed by atoms with E-state index in [4.69, 9.17) is 16.3 Å². The standard InChI is InChI=1S/C15H19ClN2O3/c1-21-15(20)11-5-4-8-18(9-11)10-14(19)17-13-7-3-2-6-12(13)16/h2-3,6-7,11H,4-5,8-10H2,1H3,(H,17,19)/t11-/m0/s1. The van der Waals surface area contributed by atoms with Crippen LogP contribution in [0, 0.1) is 5.92 Å². The molecule has 1 aromatic rings. The molecule has 21 heavy (non-hydrogen) atoms. The fourth-order valence-electron chi connectivity index (χ4n) is 2.51. The number of likely N-dealkylation sites (tertiary alicyclic amines) is 1. The van der Waals surface area contributed by atoms with Crippen molar-refractivity contribution in [3.05, 3.63) is 29.3 Å². The van der Waals surface area contributed by atoms with Gasteiger partial charge in [0, 0.05) is 6.54 Å². The van der Waals surface area contributed by atoms with Gasteiger partial charge < -0.3 is 10.1 Å². The van der Waals surface area contributed by atoms with Crippen LogP contribution >= 0.6 is 11.6 Å². The van der Waals surface area contributed by atoms with Crippen molar-refractivity contribution >= 4 is 29.2 Å². The van der Waals surface area contributed by atoms with Crippen LogP contribution in [0.3, 0.4) is 0 Å². The molecule has 0 unspecified atom stereocenters. The van der Waals surface area contributed by atoms with E-state index >= 15 is 0 Å². The first-order valence-electron chi connectivity index (χ1n) is 6.94. The lowest BCUT2D eigenvalue weighted by Crippen LogP contribution is -2.42. The number of methoxy groups -OCH3 is 1. The third-order valence-corrected chi connectivity index (χ3v) is 3.88. The Bertz CT molecular complexity index is 521. The van der Waals surface area contributed by atoms with Crippen LogP contribution in [0.5, 0.6) is 0 Å². The van der Waals surface area contributed by atoms with E-state index in [-0.39, 0.29) is 24.3 Å². The minimum absolute atomic E-state index is 0.131. The second kappa shape index (κ2) is 7.43. The lowest BCUT2D eigenvalue weighted by atomic mass is 9.98. The Balaban J connectivity index is 1.88. The van der Waals surface area contributed by atoms with Gasteiger partial charge in [0.15, 0.2) is 0 Å². The molecular weight excluding hydrogens is 292 g/mol. The van der Waals surface area contributed by atoms with E-state index in [9.17, 15) is 9.59 Å². The van der Waals surface area contributed by atoms with E-state index in [2.05, 4.69) is 5.32 Å². The zero-order valence-corrected chi connectivity index (χ0v) is 12.7. The number of halogens is 1. The Morgan fingerprint density at radius 1 is 1.43 bits per heavy atom. The highest BCUT2D eigenvalue weighted by molar-refractivity contribution is 6.33. The molecule has 5 nitrogen and oxygen atoms in total. The Morgan fingerprint density at radius 3 is 2.90 bits per heavy atom. The monoisotopic (exact) mass is 310 g/mol. The number of amides is 1. The molecule has 1 N–H and O–H groups in total. The predicted octanol–water partition coefficient (Wildman–Crippen LogP) is 2.16. The molecule has 0 radical (unpaired) electrons. The molecule has 0 aliphatic carbocycles. The van der Waals surface area contributed by atoms with Crippen LogP contribution in [0.15, 0.2) is 24.3 Å². The molecule has 114 valence electrons. The van der Waals surface area contributed by atoms with Gasteiger partial charge in [-0.15, -0.1) is 0 Å². The van der Waals surface area contributed by atoms with Crippen molar-refractivity contribution in [3.63, 3.8) is 0 Å². The lowest BCUT2D eigenvalue weighted by molar-refractivity contribution is -0.147. The summed E-state index contributed by atoms with van der Waals surface area (Å²) in [6.07, 6.45) is 1.70. The number of ether oxygens (including phenoxy) is 1. The molecule has 0 bridgehead atoms. The molecule has 0 spiro atoms. The highest BCUT2D eigenvalue weighted by Gasteiger charge is 2.27. The number of carbonyl (C=O) groups excluding carboxylic acids is 2. The first kappa shape index (κ1) is 15.8. The van der Waals surface area contributed by atoms with Crippen molar-refractivity contribution in [2.45, 2.75) is 12.8 Å². The maximum atomic E-state index is 12.1. The van der Waals surface area contributed by atoms with Crippen LogP contribution in [0.2, 0.25) is 5.02 Å². The van der Waals surface area contributed by atoms with Crippen molar-refractivity contribution in [2.24, 2.45) is 5.92 Å². The number of nitrogens with zero attached hydrogens (tertiary/aromatic N) is 1. The van der Waals surface area contributed by atoms with E-state index in [1.54, 1.807) is 12.1 Å². The summed E-state index contributed by atoms with van der Waals surface area (Å²) in [5.74, 6) is -0.475. The minimum Gasteiger partial charge on any atom is -0.469 e. The number of carbonyl (C=O) groups is 2. The zero-order chi connectivity index (χ0) is 15.2. The molecule has 1 heterocycles. The molecule has 6 heteroatoms. The van der Waals surface area contributed by atoms with Crippen molar-refractivity contribution in [2.75, 3.05) is 32.1 Å². The Kier molecular flexibility index (Phi) is 5.59. The average molecular weight is 311 g/mol. The number of nitrogens with one attached hydrogen (secondary N) is 1. The first-order chi connectivity index (χ1) is 10.1. The molecule has 0 aromatic heterocycles. The van der Waals surface area contributed by atoms with Crippen LogP contribution in [0.25, 0.3) is 0 Å². The van der Waals surface area contributed by atoms with Gasteiger partial charge in [-0.25, -0.2) is 0 Å². The van der Waals surface area contributed by atoms with Crippen molar-refractivity contribution in [3.8, 4) is 0 Å². The maximum Gasteiger partial charge on any atom is 0.309 e. The van der Waals surface area contributed by atoms with Gasteiger partial charge >= 0.3 is 5.97 Å². The first-order valence-corrected chi connectivity index (χ1v) is 7.32. The molecule has 1 aromatic carbocycles. The third kappa shape index (κ3) is 4.44. The van der Waals surface area contributed by atoms with Gasteiger partial charge in [-0.1, -0.05) is 23.7 Å². The van der Waals surface area contributed by atoms with Crippen LogP contribution in [0.4, 0.5) is 5.69 Å². The van der Waals surface area contributed by atoms with Crippen LogP contribution in [-0.4, -0.2) is 43.5 Å².